The van der Waals surface area contributed by atoms with E-state index in [-0.39, 0.29) is 0 Å². The van der Waals surface area contributed by atoms with Crippen molar-refractivity contribution in [1.29, 1.82) is 0 Å². The van der Waals surface area contributed by atoms with Crippen molar-refractivity contribution in [2.75, 3.05) is 39.5 Å². The average molecular weight is 340 g/mol. The van der Waals surface area contributed by atoms with Gasteiger partial charge in [-0.05, 0) is 43.6 Å². The molecule has 0 spiro atoms. The van der Waals surface area contributed by atoms with Gasteiger partial charge in [-0.3, -0.25) is 0 Å². The van der Waals surface area contributed by atoms with Crippen LogP contribution in [0, 0.1) is 5.92 Å². The third-order valence-corrected chi connectivity index (χ3v) is 4.63. The third-order valence-electron chi connectivity index (χ3n) is 3.77. The number of guanidine groups is 1. The second-order valence-corrected chi connectivity index (χ2v) is 6.72. The van der Waals surface area contributed by atoms with Gasteiger partial charge in [-0.1, -0.05) is 6.07 Å². The molecule has 1 saturated heterocycles. The molecule has 2 N–H and O–H groups in total. The van der Waals surface area contributed by atoms with Gasteiger partial charge in [-0.15, -0.1) is 11.3 Å². The number of nitrogens with one attached hydrogen (secondary N) is 2. The molecule has 0 atom stereocenters. The molecule has 2 heterocycles. The van der Waals surface area contributed by atoms with Gasteiger partial charge < -0.3 is 20.1 Å². The number of nitrogens with zero attached hydrogens (tertiary/aromatic N) is 1. The Morgan fingerprint density at radius 3 is 3.00 bits per heavy atom. The van der Waals surface area contributed by atoms with E-state index in [9.17, 15) is 0 Å². The Bertz CT molecular complexity index is 431. The second kappa shape index (κ2) is 11.4. The van der Waals surface area contributed by atoms with Crippen molar-refractivity contribution in [2.24, 2.45) is 10.9 Å². The molecule has 23 heavy (non-hydrogen) atoms. The minimum atomic E-state index is 0.682. The SMILES string of the molecule is CCNC(=NCc1cccs1)NCCCOCC1CCOCC1. The Balaban J connectivity index is 1.55. The molecule has 0 radical (unpaired) electrons. The summed E-state index contributed by atoms with van der Waals surface area (Å²) in [5, 5.41) is 8.73. The van der Waals surface area contributed by atoms with E-state index < -0.39 is 0 Å². The molecule has 6 heteroatoms. The molecule has 130 valence electrons. The summed E-state index contributed by atoms with van der Waals surface area (Å²) in [4.78, 5) is 5.88. The molecule has 0 aliphatic carbocycles. The van der Waals surface area contributed by atoms with Gasteiger partial charge in [0.1, 0.15) is 0 Å². The molecule has 0 amide bonds. The highest BCUT2D eigenvalue weighted by molar-refractivity contribution is 7.09. The third kappa shape index (κ3) is 7.81. The summed E-state index contributed by atoms with van der Waals surface area (Å²) in [6.45, 7) is 8.02. The summed E-state index contributed by atoms with van der Waals surface area (Å²) in [5.74, 6) is 1.56. The number of aliphatic imine (C=N–C) groups is 1. The predicted molar refractivity (Wildman–Crippen MR) is 96.1 cm³/mol. The zero-order valence-corrected chi connectivity index (χ0v) is 14.9. The molecular weight excluding hydrogens is 310 g/mol. The van der Waals surface area contributed by atoms with E-state index in [1.54, 1.807) is 11.3 Å². The molecule has 1 aromatic heterocycles. The van der Waals surface area contributed by atoms with Gasteiger partial charge in [0.25, 0.3) is 0 Å². The molecular formula is C17H29N3O2S. The lowest BCUT2D eigenvalue weighted by atomic mass is 10.0. The zero-order valence-electron chi connectivity index (χ0n) is 14.1. The van der Waals surface area contributed by atoms with Crippen molar-refractivity contribution in [1.82, 2.24) is 10.6 Å². The van der Waals surface area contributed by atoms with Crippen LogP contribution in [0.5, 0.6) is 0 Å². The molecule has 0 aromatic carbocycles. The summed E-state index contributed by atoms with van der Waals surface area (Å²) < 4.78 is 11.1. The minimum absolute atomic E-state index is 0.682. The molecule has 0 bridgehead atoms. The van der Waals surface area contributed by atoms with Gasteiger partial charge in [-0.25, -0.2) is 4.99 Å². The minimum Gasteiger partial charge on any atom is -0.381 e. The first-order chi connectivity index (χ1) is 11.4. The van der Waals surface area contributed by atoms with Gasteiger partial charge in [0.05, 0.1) is 6.54 Å². The molecule has 1 fully saturated rings. The van der Waals surface area contributed by atoms with Crippen LogP contribution < -0.4 is 10.6 Å². The highest BCUT2D eigenvalue weighted by atomic mass is 32.1. The van der Waals surface area contributed by atoms with Gasteiger partial charge in [-0.2, -0.15) is 0 Å². The number of rotatable bonds is 9. The van der Waals surface area contributed by atoms with Crippen LogP contribution in [-0.4, -0.2) is 45.5 Å². The Morgan fingerprint density at radius 1 is 1.39 bits per heavy atom. The highest BCUT2D eigenvalue weighted by Gasteiger charge is 2.13. The summed E-state index contributed by atoms with van der Waals surface area (Å²) in [6, 6.07) is 4.17. The van der Waals surface area contributed by atoms with E-state index in [1.165, 1.54) is 4.88 Å². The molecule has 1 aliphatic rings. The van der Waals surface area contributed by atoms with Crippen molar-refractivity contribution in [3.63, 3.8) is 0 Å². The monoisotopic (exact) mass is 339 g/mol. The van der Waals surface area contributed by atoms with Crippen molar-refractivity contribution >= 4 is 17.3 Å². The zero-order chi connectivity index (χ0) is 16.2. The number of ether oxygens (including phenoxy) is 2. The molecule has 5 nitrogen and oxygen atoms in total. The van der Waals surface area contributed by atoms with Crippen LogP contribution >= 0.6 is 11.3 Å². The lowest BCUT2D eigenvalue weighted by molar-refractivity contribution is 0.0203. The maximum absolute atomic E-state index is 5.78. The normalized spacial score (nSPS) is 16.5. The van der Waals surface area contributed by atoms with E-state index in [2.05, 4.69) is 40.1 Å². The summed E-state index contributed by atoms with van der Waals surface area (Å²) in [5.41, 5.74) is 0. The van der Waals surface area contributed by atoms with Crippen LogP contribution in [-0.2, 0) is 16.0 Å². The summed E-state index contributed by atoms with van der Waals surface area (Å²) in [6.07, 6.45) is 3.27. The quantitative estimate of drug-likeness (QED) is 0.413. The number of hydrogen-bond donors (Lipinski definition) is 2. The average Bonchev–Trinajstić information content (AvgIpc) is 3.10. The first-order valence-electron chi connectivity index (χ1n) is 8.58. The van der Waals surface area contributed by atoms with E-state index in [4.69, 9.17) is 9.47 Å². The topological polar surface area (TPSA) is 54.9 Å². The summed E-state index contributed by atoms with van der Waals surface area (Å²) in [7, 11) is 0. The smallest absolute Gasteiger partial charge is 0.191 e. The predicted octanol–water partition coefficient (Wildman–Crippen LogP) is 2.64. The molecule has 1 aliphatic heterocycles. The second-order valence-electron chi connectivity index (χ2n) is 5.69. The highest BCUT2D eigenvalue weighted by Crippen LogP contribution is 2.14. The Morgan fingerprint density at radius 2 is 2.26 bits per heavy atom. The van der Waals surface area contributed by atoms with Crippen molar-refractivity contribution in [3.8, 4) is 0 Å². The van der Waals surface area contributed by atoms with E-state index in [1.807, 2.05) is 0 Å². The van der Waals surface area contributed by atoms with Crippen molar-refractivity contribution < 1.29 is 9.47 Å². The molecule has 2 rings (SSSR count). The van der Waals surface area contributed by atoms with Crippen molar-refractivity contribution in [2.45, 2.75) is 32.7 Å². The van der Waals surface area contributed by atoms with Gasteiger partial charge in [0.15, 0.2) is 5.96 Å². The fourth-order valence-corrected chi connectivity index (χ4v) is 3.07. The molecule has 1 aromatic rings. The van der Waals surface area contributed by atoms with Crippen LogP contribution in [0.1, 0.15) is 31.1 Å². The van der Waals surface area contributed by atoms with Crippen LogP contribution in [0.3, 0.4) is 0 Å². The van der Waals surface area contributed by atoms with E-state index in [0.29, 0.717) is 5.92 Å². The van der Waals surface area contributed by atoms with Gasteiger partial charge >= 0.3 is 0 Å². The number of thiophene rings is 1. The van der Waals surface area contributed by atoms with Crippen LogP contribution in [0.4, 0.5) is 0 Å². The fourth-order valence-electron chi connectivity index (χ4n) is 2.45. The largest absolute Gasteiger partial charge is 0.381 e. The maximum Gasteiger partial charge on any atom is 0.191 e. The molecule has 0 saturated carbocycles. The Labute approximate surface area is 143 Å². The fraction of sp³-hybridized carbons (Fsp3) is 0.706. The first-order valence-corrected chi connectivity index (χ1v) is 9.46. The van der Waals surface area contributed by atoms with Crippen LogP contribution in [0.15, 0.2) is 22.5 Å². The lowest BCUT2D eigenvalue weighted by Gasteiger charge is -2.21. The van der Waals surface area contributed by atoms with Gasteiger partial charge in [0.2, 0.25) is 0 Å². The Hall–Kier alpha value is -1.11. The van der Waals surface area contributed by atoms with E-state index in [0.717, 1.165) is 71.3 Å². The maximum atomic E-state index is 5.78. The Kier molecular flexibility index (Phi) is 9.06. The first kappa shape index (κ1) is 18.2. The summed E-state index contributed by atoms with van der Waals surface area (Å²) >= 11 is 1.74. The lowest BCUT2D eigenvalue weighted by Crippen LogP contribution is -2.38. The van der Waals surface area contributed by atoms with Crippen LogP contribution in [0.2, 0.25) is 0 Å². The standard InChI is InChI=1S/C17H29N3O2S/c1-2-18-17(20-13-16-5-3-12-23-16)19-8-4-9-22-14-15-6-10-21-11-7-15/h3,5,12,15H,2,4,6-11,13-14H2,1H3,(H2,18,19,20). The van der Waals surface area contributed by atoms with Crippen molar-refractivity contribution in [3.05, 3.63) is 22.4 Å². The van der Waals surface area contributed by atoms with Crippen LogP contribution in [0.25, 0.3) is 0 Å². The molecule has 0 unspecified atom stereocenters. The van der Waals surface area contributed by atoms with E-state index >= 15 is 0 Å². The van der Waals surface area contributed by atoms with Gasteiger partial charge in [0, 0.05) is 44.4 Å². The number of hydrogen-bond acceptors (Lipinski definition) is 4.